The Morgan fingerprint density at radius 2 is 2.40 bits per heavy atom. The summed E-state index contributed by atoms with van der Waals surface area (Å²) in [5.74, 6) is 0.793. The van der Waals surface area contributed by atoms with Crippen LogP contribution in [0.1, 0.15) is 11.8 Å². The average molecular weight is 243 g/mol. The van der Waals surface area contributed by atoms with Crippen LogP contribution in [-0.4, -0.2) is 9.78 Å². The summed E-state index contributed by atoms with van der Waals surface area (Å²) in [5.41, 5.74) is 0. The van der Waals surface area contributed by atoms with Gasteiger partial charge in [-0.25, -0.2) is 0 Å². The van der Waals surface area contributed by atoms with Gasteiger partial charge in [0.15, 0.2) is 5.75 Å². The maximum Gasteiger partial charge on any atom is 0.157 e. The summed E-state index contributed by atoms with van der Waals surface area (Å²) in [6.45, 7) is 3.44. The summed E-state index contributed by atoms with van der Waals surface area (Å²) in [6.07, 6.45) is 3.61. The molecule has 0 atom stereocenters. The van der Waals surface area contributed by atoms with Crippen molar-refractivity contribution in [1.82, 2.24) is 9.78 Å². The third kappa shape index (κ3) is 2.73. The summed E-state index contributed by atoms with van der Waals surface area (Å²) >= 11 is 7.35. The van der Waals surface area contributed by atoms with Crippen LogP contribution in [0.15, 0.2) is 24.5 Å². The number of nitrogens with zero attached hydrogens (tertiary/aromatic N) is 2. The number of hydrogen-bond donors (Lipinski definition) is 0. The van der Waals surface area contributed by atoms with Crippen LogP contribution in [0.4, 0.5) is 0 Å². The molecular weight excluding hydrogens is 232 g/mol. The molecule has 0 aliphatic carbocycles. The van der Waals surface area contributed by atoms with E-state index in [1.165, 1.54) is 11.3 Å². The SMILES string of the molecule is CCn1cc(OCc2ccc(Cl)s2)cn1. The second kappa shape index (κ2) is 4.68. The maximum atomic E-state index is 5.82. The first-order valence-electron chi connectivity index (χ1n) is 4.67. The molecule has 0 bridgehead atoms. The monoisotopic (exact) mass is 242 g/mol. The highest BCUT2D eigenvalue weighted by Crippen LogP contribution is 2.22. The number of thiophene rings is 1. The number of halogens is 1. The maximum absolute atomic E-state index is 5.82. The van der Waals surface area contributed by atoms with Crippen molar-refractivity contribution in [2.45, 2.75) is 20.1 Å². The van der Waals surface area contributed by atoms with Gasteiger partial charge in [-0.15, -0.1) is 11.3 Å². The first kappa shape index (κ1) is 10.5. The van der Waals surface area contributed by atoms with E-state index in [0.29, 0.717) is 6.61 Å². The van der Waals surface area contributed by atoms with E-state index in [-0.39, 0.29) is 0 Å². The molecular formula is C10H11ClN2OS. The van der Waals surface area contributed by atoms with Crippen molar-refractivity contribution >= 4 is 22.9 Å². The van der Waals surface area contributed by atoms with E-state index in [1.807, 2.05) is 29.9 Å². The minimum absolute atomic E-state index is 0.548. The number of aryl methyl sites for hydroxylation is 1. The molecule has 0 N–H and O–H groups in total. The van der Waals surface area contributed by atoms with Crippen LogP contribution in [0.3, 0.4) is 0 Å². The van der Waals surface area contributed by atoms with Gasteiger partial charge in [0.1, 0.15) is 6.61 Å². The highest BCUT2D eigenvalue weighted by Gasteiger charge is 2.01. The van der Waals surface area contributed by atoms with Crippen molar-refractivity contribution in [3.63, 3.8) is 0 Å². The van der Waals surface area contributed by atoms with Crippen molar-refractivity contribution in [1.29, 1.82) is 0 Å². The van der Waals surface area contributed by atoms with Gasteiger partial charge in [0.25, 0.3) is 0 Å². The lowest BCUT2D eigenvalue weighted by Gasteiger charge is -1.99. The molecule has 2 aromatic heterocycles. The fourth-order valence-corrected chi connectivity index (χ4v) is 2.18. The van der Waals surface area contributed by atoms with E-state index in [0.717, 1.165) is 21.5 Å². The Morgan fingerprint density at radius 1 is 1.53 bits per heavy atom. The van der Waals surface area contributed by atoms with Crippen LogP contribution in [-0.2, 0) is 13.2 Å². The zero-order valence-electron chi connectivity index (χ0n) is 8.31. The number of rotatable bonds is 4. The molecule has 0 aliphatic rings. The molecule has 0 saturated carbocycles. The average Bonchev–Trinajstić information content (AvgIpc) is 2.83. The van der Waals surface area contributed by atoms with Crippen LogP contribution in [0.2, 0.25) is 4.34 Å². The van der Waals surface area contributed by atoms with Crippen molar-refractivity contribution in [3.05, 3.63) is 33.7 Å². The van der Waals surface area contributed by atoms with Gasteiger partial charge in [-0.1, -0.05) is 11.6 Å². The first-order valence-corrected chi connectivity index (χ1v) is 5.87. The Labute approximate surface area is 97.2 Å². The van der Waals surface area contributed by atoms with Crippen LogP contribution in [0.25, 0.3) is 0 Å². The fourth-order valence-electron chi connectivity index (χ4n) is 1.18. The molecule has 3 nitrogen and oxygen atoms in total. The molecule has 2 heterocycles. The Kier molecular flexibility index (Phi) is 3.28. The lowest BCUT2D eigenvalue weighted by atomic mass is 10.5. The molecule has 0 aliphatic heterocycles. The largest absolute Gasteiger partial charge is 0.485 e. The predicted octanol–water partition coefficient (Wildman–Crippen LogP) is 3.20. The predicted molar refractivity (Wildman–Crippen MR) is 61.6 cm³/mol. The molecule has 0 amide bonds. The normalized spacial score (nSPS) is 10.5. The third-order valence-corrected chi connectivity index (χ3v) is 3.15. The number of aromatic nitrogens is 2. The topological polar surface area (TPSA) is 27.1 Å². The molecule has 2 aromatic rings. The quantitative estimate of drug-likeness (QED) is 0.823. The van der Waals surface area contributed by atoms with Gasteiger partial charge in [0.05, 0.1) is 16.7 Å². The highest BCUT2D eigenvalue weighted by molar-refractivity contribution is 7.16. The smallest absolute Gasteiger partial charge is 0.157 e. The Morgan fingerprint density at radius 3 is 3.00 bits per heavy atom. The van der Waals surface area contributed by atoms with Crippen molar-refractivity contribution in [3.8, 4) is 5.75 Å². The van der Waals surface area contributed by atoms with Crippen LogP contribution in [0, 0.1) is 0 Å². The van der Waals surface area contributed by atoms with E-state index < -0.39 is 0 Å². The molecule has 0 unspecified atom stereocenters. The van der Waals surface area contributed by atoms with E-state index in [9.17, 15) is 0 Å². The van der Waals surface area contributed by atoms with Crippen molar-refractivity contribution in [2.75, 3.05) is 0 Å². The third-order valence-electron chi connectivity index (χ3n) is 1.94. The Hall–Kier alpha value is -1.00. The highest BCUT2D eigenvalue weighted by atomic mass is 35.5. The zero-order chi connectivity index (χ0) is 10.7. The molecule has 80 valence electrons. The first-order chi connectivity index (χ1) is 7.28. The van der Waals surface area contributed by atoms with Gasteiger partial charge in [-0.3, -0.25) is 4.68 Å². The number of hydrogen-bond acceptors (Lipinski definition) is 3. The molecule has 15 heavy (non-hydrogen) atoms. The summed E-state index contributed by atoms with van der Waals surface area (Å²) in [5, 5.41) is 4.12. The van der Waals surface area contributed by atoms with Gasteiger partial charge in [0.2, 0.25) is 0 Å². The lowest BCUT2D eigenvalue weighted by molar-refractivity contribution is 0.309. The minimum Gasteiger partial charge on any atom is -0.485 e. The van der Waals surface area contributed by atoms with Crippen molar-refractivity contribution in [2.24, 2.45) is 0 Å². The van der Waals surface area contributed by atoms with E-state index in [2.05, 4.69) is 5.10 Å². The summed E-state index contributed by atoms with van der Waals surface area (Å²) < 4.78 is 8.18. The van der Waals surface area contributed by atoms with Gasteiger partial charge < -0.3 is 4.74 Å². The molecule has 0 fully saturated rings. The van der Waals surface area contributed by atoms with E-state index in [4.69, 9.17) is 16.3 Å². The standard InChI is InChI=1S/C10H11ClN2OS/c1-2-13-6-8(5-12-13)14-7-9-3-4-10(11)15-9/h3-6H,2,7H2,1H3. The molecule has 0 aromatic carbocycles. The zero-order valence-corrected chi connectivity index (χ0v) is 9.88. The van der Waals surface area contributed by atoms with Crippen molar-refractivity contribution < 1.29 is 4.74 Å². The van der Waals surface area contributed by atoms with E-state index in [1.54, 1.807) is 6.20 Å². The molecule has 0 radical (unpaired) electrons. The molecule has 0 saturated heterocycles. The number of ether oxygens (including phenoxy) is 1. The van der Waals surface area contributed by atoms with Crippen LogP contribution >= 0.6 is 22.9 Å². The van der Waals surface area contributed by atoms with Gasteiger partial charge in [-0.05, 0) is 19.1 Å². The van der Waals surface area contributed by atoms with Gasteiger partial charge in [0, 0.05) is 11.4 Å². The minimum atomic E-state index is 0.548. The second-order valence-electron chi connectivity index (χ2n) is 3.03. The van der Waals surface area contributed by atoms with Gasteiger partial charge in [-0.2, -0.15) is 5.10 Å². The Bertz CT molecular complexity index is 438. The van der Waals surface area contributed by atoms with Crippen LogP contribution < -0.4 is 4.74 Å². The summed E-state index contributed by atoms with van der Waals surface area (Å²) in [7, 11) is 0. The molecule has 2 rings (SSSR count). The fraction of sp³-hybridized carbons (Fsp3) is 0.300. The molecule has 0 spiro atoms. The van der Waals surface area contributed by atoms with E-state index >= 15 is 0 Å². The van der Waals surface area contributed by atoms with Crippen LogP contribution in [0.5, 0.6) is 5.75 Å². The molecule has 5 heteroatoms. The lowest BCUT2D eigenvalue weighted by Crippen LogP contribution is -1.93. The summed E-state index contributed by atoms with van der Waals surface area (Å²) in [4.78, 5) is 1.12. The second-order valence-corrected chi connectivity index (χ2v) is 4.83. The summed E-state index contributed by atoms with van der Waals surface area (Å²) in [6, 6.07) is 3.84. The Balaban J connectivity index is 1.93. The van der Waals surface area contributed by atoms with Gasteiger partial charge >= 0.3 is 0 Å².